The van der Waals surface area contributed by atoms with Crippen LogP contribution in [0.2, 0.25) is 0 Å². The Morgan fingerprint density at radius 2 is 1.72 bits per heavy atom. The summed E-state index contributed by atoms with van der Waals surface area (Å²) >= 11 is 0. The molecule has 0 saturated heterocycles. The molecule has 150 valence electrons. The first kappa shape index (κ1) is 20.3. The van der Waals surface area contributed by atoms with Gasteiger partial charge in [0.2, 0.25) is 10.0 Å². The summed E-state index contributed by atoms with van der Waals surface area (Å²) in [7, 11) is -3.69. The van der Waals surface area contributed by atoms with E-state index in [0.717, 1.165) is 21.3 Å². The lowest BCUT2D eigenvalue weighted by molar-refractivity contribution is -0.121. The Labute approximate surface area is 169 Å². The number of hydrogen-bond donors (Lipinski definition) is 2. The van der Waals surface area contributed by atoms with E-state index in [1.807, 2.05) is 24.3 Å². The molecule has 0 aromatic heterocycles. The zero-order chi connectivity index (χ0) is 21.0. The standard InChI is InChI=1S/C21H21N3O4S/c1-15(24(29(2,27)28)17-9-4-3-5-10-17)21(26)23-22-14-19-18-11-7-6-8-16(18)12-13-20(19)25/h3-15,25H,1-2H3,(H,23,26)/b22-14+/t15-/m0/s1. The van der Waals surface area contributed by atoms with E-state index in [2.05, 4.69) is 10.5 Å². The van der Waals surface area contributed by atoms with Gasteiger partial charge in [0.1, 0.15) is 11.8 Å². The first-order valence-electron chi connectivity index (χ1n) is 8.87. The molecule has 0 aliphatic carbocycles. The van der Waals surface area contributed by atoms with Crippen molar-refractivity contribution in [1.82, 2.24) is 5.43 Å². The van der Waals surface area contributed by atoms with E-state index in [-0.39, 0.29) is 5.75 Å². The maximum Gasteiger partial charge on any atom is 0.263 e. The first-order chi connectivity index (χ1) is 13.8. The summed E-state index contributed by atoms with van der Waals surface area (Å²) in [6.07, 6.45) is 2.39. The van der Waals surface area contributed by atoms with E-state index in [9.17, 15) is 18.3 Å². The zero-order valence-electron chi connectivity index (χ0n) is 16.0. The highest BCUT2D eigenvalue weighted by Gasteiger charge is 2.28. The maximum atomic E-state index is 12.5. The van der Waals surface area contributed by atoms with Gasteiger partial charge >= 0.3 is 0 Å². The number of hydrazone groups is 1. The van der Waals surface area contributed by atoms with Gasteiger partial charge in [0.25, 0.3) is 5.91 Å². The van der Waals surface area contributed by atoms with Gasteiger partial charge in [0, 0.05) is 5.56 Å². The van der Waals surface area contributed by atoms with E-state index in [4.69, 9.17) is 0 Å². The van der Waals surface area contributed by atoms with Crippen molar-refractivity contribution in [2.45, 2.75) is 13.0 Å². The minimum absolute atomic E-state index is 0.0248. The summed E-state index contributed by atoms with van der Waals surface area (Å²) in [6, 6.07) is 18.1. The number of fused-ring (bicyclic) bond motifs is 1. The van der Waals surface area contributed by atoms with E-state index < -0.39 is 22.0 Å². The van der Waals surface area contributed by atoms with Crippen molar-refractivity contribution < 1.29 is 18.3 Å². The molecule has 0 fully saturated rings. The summed E-state index contributed by atoms with van der Waals surface area (Å²) in [5, 5.41) is 15.8. The van der Waals surface area contributed by atoms with Gasteiger partial charge in [-0.05, 0) is 35.9 Å². The van der Waals surface area contributed by atoms with Gasteiger partial charge in [-0.2, -0.15) is 5.10 Å². The van der Waals surface area contributed by atoms with Gasteiger partial charge < -0.3 is 5.11 Å². The molecular weight excluding hydrogens is 390 g/mol. The average molecular weight is 411 g/mol. The second kappa shape index (κ2) is 8.32. The van der Waals surface area contributed by atoms with Crippen LogP contribution >= 0.6 is 0 Å². The molecule has 1 amide bonds. The van der Waals surface area contributed by atoms with Crippen LogP contribution in [0.5, 0.6) is 5.75 Å². The predicted molar refractivity (Wildman–Crippen MR) is 115 cm³/mol. The third-order valence-corrected chi connectivity index (χ3v) is 5.66. The van der Waals surface area contributed by atoms with Gasteiger partial charge in [-0.15, -0.1) is 0 Å². The quantitative estimate of drug-likeness (QED) is 0.481. The minimum Gasteiger partial charge on any atom is -0.507 e. The third-order valence-electron chi connectivity index (χ3n) is 4.42. The number of hydrogen-bond acceptors (Lipinski definition) is 5. The predicted octanol–water partition coefficient (Wildman–Crippen LogP) is 2.85. The highest BCUT2D eigenvalue weighted by Crippen LogP contribution is 2.25. The van der Waals surface area contributed by atoms with Crippen molar-refractivity contribution in [1.29, 1.82) is 0 Å². The van der Waals surface area contributed by atoms with Crippen LogP contribution in [0, 0.1) is 0 Å². The largest absolute Gasteiger partial charge is 0.507 e. The fraction of sp³-hybridized carbons (Fsp3) is 0.143. The number of nitrogens with zero attached hydrogens (tertiary/aromatic N) is 2. The number of rotatable bonds is 6. The molecule has 3 rings (SSSR count). The molecule has 7 nitrogen and oxygen atoms in total. The number of nitrogens with one attached hydrogen (secondary N) is 1. The second-order valence-corrected chi connectivity index (χ2v) is 8.38. The molecular formula is C21H21N3O4S. The van der Waals surface area contributed by atoms with Crippen molar-refractivity contribution in [2.24, 2.45) is 5.10 Å². The molecule has 0 bridgehead atoms. The molecule has 0 heterocycles. The zero-order valence-corrected chi connectivity index (χ0v) is 16.8. The molecule has 0 spiro atoms. The fourth-order valence-corrected chi connectivity index (χ4v) is 4.23. The van der Waals surface area contributed by atoms with Crippen molar-refractivity contribution in [2.75, 3.05) is 10.6 Å². The van der Waals surface area contributed by atoms with Crippen molar-refractivity contribution in [3.05, 3.63) is 72.3 Å². The number of para-hydroxylation sites is 1. The number of carbonyl (C=O) groups excluding carboxylic acids is 1. The average Bonchev–Trinajstić information content (AvgIpc) is 2.69. The molecule has 1 atom stereocenters. The lowest BCUT2D eigenvalue weighted by atomic mass is 10.0. The number of anilines is 1. The summed E-state index contributed by atoms with van der Waals surface area (Å²) in [5.74, 6) is -0.577. The van der Waals surface area contributed by atoms with Crippen LogP contribution < -0.4 is 9.73 Å². The maximum absolute atomic E-state index is 12.5. The second-order valence-electron chi connectivity index (χ2n) is 6.52. The van der Waals surface area contributed by atoms with E-state index in [0.29, 0.717) is 11.3 Å². The van der Waals surface area contributed by atoms with E-state index >= 15 is 0 Å². The molecule has 3 aromatic carbocycles. The van der Waals surface area contributed by atoms with E-state index in [1.54, 1.807) is 42.5 Å². The Kier molecular flexibility index (Phi) is 5.84. The van der Waals surface area contributed by atoms with Gasteiger partial charge in [0.05, 0.1) is 18.2 Å². The smallest absolute Gasteiger partial charge is 0.263 e. The van der Waals surface area contributed by atoms with Crippen LogP contribution in [0.25, 0.3) is 10.8 Å². The normalized spacial score (nSPS) is 12.8. The molecule has 0 saturated carbocycles. The van der Waals surface area contributed by atoms with Gasteiger partial charge in [-0.3, -0.25) is 9.10 Å². The lowest BCUT2D eigenvalue weighted by Gasteiger charge is -2.27. The van der Waals surface area contributed by atoms with Crippen molar-refractivity contribution in [3.63, 3.8) is 0 Å². The van der Waals surface area contributed by atoms with Crippen LogP contribution in [-0.2, 0) is 14.8 Å². The summed E-state index contributed by atoms with van der Waals surface area (Å²) < 4.78 is 25.5. The van der Waals surface area contributed by atoms with E-state index in [1.165, 1.54) is 13.1 Å². The van der Waals surface area contributed by atoms with Crippen LogP contribution in [-0.4, -0.2) is 37.9 Å². The Morgan fingerprint density at radius 1 is 1.07 bits per heavy atom. The number of benzene rings is 3. The Morgan fingerprint density at radius 3 is 2.41 bits per heavy atom. The molecule has 0 radical (unpaired) electrons. The van der Waals surface area contributed by atoms with Crippen LogP contribution in [0.4, 0.5) is 5.69 Å². The monoisotopic (exact) mass is 411 g/mol. The van der Waals surface area contributed by atoms with Crippen LogP contribution in [0.1, 0.15) is 12.5 Å². The molecule has 0 unspecified atom stereocenters. The molecule has 3 aromatic rings. The third kappa shape index (κ3) is 4.55. The van der Waals surface area contributed by atoms with Crippen LogP contribution in [0.3, 0.4) is 0 Å². The topological polar surface area (TPSA) is 99.1 Å². The van der Waals surface area contributed by atoms with Gasteiger partial charge in [-0.25, -0.2) is 13.8 Å². The highest BCUT2D eigenvalue weighted by atomic mass is 32.2. The van der Waals surface area contributed by atoms with Gasteiger partial charge in [-0.1, -0.05) is 48.5 Å². The molecule has 2 N–H and O–H groups in total. The Balaban J connectivity index is 1.82. The molecule has 0 aliphatic rings. The Hall–Kier alpha value is -3.39. The number of sulfonamides is 1. The summed E-state index contributed by atoms with van der Waals surface area (Å²) in [6.45, 7) is 1.48. The van der Waals surface area contributed by atoms with Gasteiger partial charge in [0.15, 0.2) is 0 Å². The highest BCUT2D eigenvalue weighted by molar-refractivity contribution is 7.92. The lowest BCUT2D eigenvalue weighted by Crippen LogP contribution is -2.46. The number of aromatic hydroxyl groups is 1. The first-order valence-corrected chi connectivity index (χ1v) is 10.7. The number of phenolic OH excluding ortho intramolecular Hbond substituents is 1. The summed E-state index contributed by atoms with van der Waals surface area (Å²) in [5.41, 5.74) is 3.20. The SMILES string of the molecule is C[C@@H](C(=O)N/N=C/c1c(O)ccc2ccccc12)N(c1ccccc1)S(C)(=O)=O. The number of phenols is 1. The summed E-state index contributed by atoms with van der Waals surface area (Å²) in [4.78, 5) is 12.5. The molecule has 8 heteroatoms. The number of amides is 1. The molecule has 29 heavy (non-hydrogen) atoms. The van der Waals surface area contributed by atoms with Crippen molar-refractivity contribution >= 4 is 38.6 Å². The number of carbonyl (C=O) groups is 1. The molecule has 0 aliphatic heterocycles. The Bertz CT molecular complexity index is 1160. The van der Waals surface area contributed by atoms with Crippen LogP contribution in [0.15, 0.2) is 71.8 Å². The minimum atomic E-state index is -3.69. The fourth-order valence-electron chi connectivity index (χ4n) is 3.06. The van der Waals surface area contributed by atoms with Crippen molar-refractivity contribution in [3.8, 4) is 5.75 Å².